The second-order valence-electron chi connectivity index (χ2n) is 10.7. The lowest BCUT2D eigenvalue weighted by molar-refractivity contribution is -0.180. The van der Waals surface area contributed by atoms with Crippen LogP contribution in [-0.4, -0.2) is 110 Å². The van der Waals surface area contributed by atoms with E-state index in [9.17, 15) is 40.2 Å². The molecule has 1 amide bonds. The van der Waals surface area contributed by atoms with Crippen LogP contribution in [0.25, 0.3) is 0 Å². The summed E-state index contributed by atoms with van der Waals surface area (Å²) in [6.45, 7) is 5.50. The number of carbonyl (C=O) groups is 2. The van der Waals surface area contributed by atoms with Gasteiger partial charge in [-0.1, -0.05) is 11.6 Å². The molecule has 3 aliphatic rings. The zero-order valence-corrected chi connectivity index (χ0v) is 21.0. The van der Waals surface area contributed by atoms with Crippen LogP contribution in [0.2, 0.25) is 0 Å². The molecule has 12 nitrogen and oxygen atoms in total. The number of aliphatic hydroxyl groups is 5. The fourth-order valence-corrected chi connectivity index (χ4v) is 5.87. The summed E-state index contributed by atoms with van der Waals surface area (Å²) in [5.41, 5.74) is -1.47. The Morgan fingerprint density at radius 1 is 1.19 bits per heavy atom. The number of carboxylic acids is 1. The van der Waals surface area contributed by atoms with E-state index in [1.165, 1.54) is 7.11 Å². The van der Waals surface area contributed by atoms with E-state index >= 15 is 0 Å². The number of alkyl carbamates (subject to hydrolysis) is 1. The molecule has 0 aromatic heterocycles. The zero-order chi connectivity index (χ0) is 27.0. The third kappa shape index (κ3) is 5.40. The Morgan fingerprint density at radius 3 is 2.44 bits per heavy atom. The molecule has 2 aliphatic carbocycles. The fraction of sp³-hybridized carbons (Fsp3) is 0.833. The highest BCUT2D eigenvalue weighted by molar-refractivity contribution is 5.72. The van der Waals surface area contributed by atoms with E-state index in [4.69, 9.17) is 14.2 Å². The first-order valence-corrected chi connectivity index (χ1v) is 12.2. The quantitative estimate of drug-likeness (QED) is 0.211. The predicted molar refractivity (Wildman–Crippen MR) is 124 cm³/mol. The fourth-order valence-electron chi connectivity index (χ4n) is 5.87. The van der Waals surface area contributed by atoms with Crippen LogP contribution in [0.5, 0.6) is 0 Å². The number of carboxylic acid groups (broad SMARTS) is 1. The molecular formula is C24H39NO11. The Balaban J connectivity index is 1.74. The van der Waals surface area contributed by atoms with Crippen molar-refractivity contribution in [3.8, 4) is 0 Å². The van der Waals surface area contributed by atoms with Gasteiger partial charge in [0, 0.05) is 7.11 Å². The smallest absolute Gasteiger partial charge is 0.407 e. The van der Waals surface area contributed by atoms with Gasteiger partial charge in [-0.15, -0.1) is 0 Å². The lowest BCUT2D eigenvalue weighted by Crippen LogP contribution is -2.63. The van der Waals surface area contributed by atoms with E-state index in [1.807, 2.05) is 19.9 Å². The highest BCUT2D eigenvalue weighted by atomic mass is 16.6. The van der Waals surface area contributed by atoms with E-state index in [0.29, 0.717) is 6.42 Å². The first-order chi connectivity index (χ1) is 16.7. The van der Waals surface area contributed by atoms with Crippen LogP contribution in [-0.2, 0) is 19.0 Å². The molecule has 0 aromatic carbocycles. The van der Waals surface area contributed by atoms with Crippen LogP contribution in [0.1, 0.15) is 46.5 Å². The molecule has 1 heterocycles. The van der Waals surface area contributed by atoms with Crippen LogP contribution in [0.15, 0.2) is 11.6 Å². The van der Waals surface area contributed by atoms with Crippen LogP contribution < -0.4 is 5.32 Å². The van der Waals surface area contributed by atoms with Gasteiger partial charge in [0.2, 0.25) is 0 Å². The van der Waals surface area contributed by atoms with Crippen LogP contribution in [0.3, 0.4) is 0 Å². The molecule has 11 atom stereocenters. The summed E-state index contributed by atoms with van der Waals surface area (Å²) in [6.07, 6.45) is -6.36. The molecule has 0 spiro atoms. The standard InChI is InChI=1S/C24H39NO11/c1-11(2)5-6-15(26)23(3)20-19(34-4)14(7-8-24(20,33)10-35-23)36-22(32)25-13-9-12(21(30)31)16(27)18(29)17(13)28/h5,12-20,26-29,33H,6-10H2,1-4H3,(H,25,32)(H,30,31)/t12-,13+,14-,15?,16+,17-,18-,19-,20-,23-,24+/m1/s1. The van der Waals surface area contributed by atoms with Gasteiger partial charge in [0.1, 0.15) is 24.4 Å². The Kier molecular flexibility index (Phi) is 8.71. The highest BCUT2D eigenvalue weighted by Gasteiger charge is 2.65. The number of hydrogen-bond donors (Lipinski definition) is 7. The van der Waals surface area contributed by atoms with E-state index in [1.54, 1.807) is 6.92 Å². The molecule has 206 valence electrons. The van der Waals surface area contributed by atoms with Gasteiger partial charge >= 0.3 is 12.1 Å². The van der Waals surface area contributed by atoms with E-state index < -0.39 is 77.8 Å². The average molecular weight is 518 g/mol. The molecule has 0 radical (unpaired) electrons. The van der Waals surface area contributed by atoms with E-state index in [0.717, 1.165) is 5.57 Å². The lowest BCUT2D eigenvalue weighted by Gasteiger charge is -2.48. The van der Waals surface area contributed by atoms with Gasteiger partial charge < -0.3 is 50.2 Å². The Labute approximate surface area is 209 Å². The minimum atomic E-state index is -1.76. The van der Waals surface area contributed by atoms with Crippen molar-refractivity contribution in [3.05, 3.63) is 11.6 Å². The van der Waals surface area contributed by atoms with Gasteiger partial charge in [-0.3, -0.25) is 4.79 Å². The maximum atomic E-state index is 12.8. The first-order valence-electron chi connectivity index (χ1n) is 12.2. The van der Waals surface area contributed by atoms with Crippen LogP contribution in [0, 0.1) is 11.8 Å². The van der Waals surface area contributed by atoms with E-state index in [-0.39, 0.29) is 25.9 Å². The third-order valence-corrected chi connectivity index (χ3v) is 7.98. The number of carbonyl (C=O) groups excluding carboxylic acids is 1. The van der Waals surface area contributed by atoms with Crippen LogP contribution >= 0.6 is 0 Å². The van der Waals surface area contributed by atoms with Crippen molar-refractivity contribution in [2.75, 3.05) is 13.7 Å². The number of nitrogens with one attached hydrogen (secondary N) is 1. The Bertz CT molecular complexity index is 848. The molecule has 0 aromatic rings. The van der Waals surface area contributed by atoms with Crippen molar-refractivity contribution in [1.29, 1.82) is 0 Å². The number of fused-ring (bicyclic) bond motifs is 1. The van der Waals surface area contributed by atoms with Gasteiger partial charge in [-0.05, 0) is 46.5 Å². The third-order valence-electron chi connectivity index (χ3n) is 7.98. The van der Waals surface area contributed by atoms with Gasteiger partial charge in [-0.2, -0.15) is 0 Å². The average Bonchev–Trinajstić information content (AvgIpc) is 3.10. The zero-order valence-electron chi connectivity index (χ0n) is 21.0. The SMILES string of the molecule is CO[C@@H]1[C@H](OC(=O)N[C@H]2C[C@@H](C(=O)O)[C@H](O)[C@@H](O)[C@@H]2O)CC[C@]2(O)CO[C@](C)(C(O)CC=C(C)C)[C@@H]12. The number of hydrogen-bond acceptors (Lipinski definition) is 10. The van der Waals surface area contributed by atoms with Crippen molar-refractivity contribution in [1.82, 2.24) is 5.32 Å². The van der Waals surface area contributed by atoms with Crippen molar-refractivity contribution in [3.63, 3.8) is 0 Å². The lowest BCUT2D eigenvalue weighted by atomic mass is 9.65. The number of methoxy groups -OCH3 is 1. The van der Waals surface area contributed by atoms with Gasteiger partial charge in [0.25, 0.3) is 0 Å². The summed E-state index contributed by atoms with van der Waals surface area (Å²) in [7, 11) is 1.41. The van der Waals surface area contributed by atoms with E-state index in [2.05, 4.69) is 5.32 Å². The van der Waals surface area contributed by atoms with Crippen molar-refractivity contribution in [2.45, 2.75) is 100 Å². The molecule has 12 heteroatoms. The molecule has 2 saturated carbocycles. The molecule has 1 saturated heterocycles. The minimum Gasteiger partial charge on any atom is -0.481 e. The molecule has 1 unspecified atom stereocenters. The number of aliphatic hydroxyl groups excluding tert-OH is 4. The van der Waals surface area contributed by atoms with Crippen molar-refractivity contribution >= 4 is 12.1 Å². The number of allylic oxidation sites excluding steroid dienone is 1. The second kappa shape index (κ2) is 10.9. The summed E-state index contributed by atoms with van der Waals surface area (Å²) in [5, 5.41) is 64.2. The molecule has 36 heavy (non-hydrogen) atoms. The minimum absolute atomic E-state index is 0.0100. The molecule has 0 bridgehead atoms. The maximum Gasteiger partial charge on any atom is 0.407 e. The van der Waals surface area contributed by atoms with Crippen LogP contribution in [0.4, 0.5) is 4.79 Å². The highest BCUT2D eigenvalue weighted by Crippen LogP contribution is 2.51. The summed E-state index contributed by atoms with van der Waals surface area (Å²) >= 11 is 0. The summed E-state index contributed by atoms with van der Waals surface area (Å²) in [5.74, 6) is -3.48. The summed E-state index contributed by atoms with van der Waals surface area (Å²) in [4.78, 5) is 24.2. The van der Waals surface area contributed by atoms with Gasteiger partial charge in [0.05, 0.1) is 47.9 Å². The summed E-state index contributed by atoms with van der Waals surface area (Å²) < 4.78 is 17.2. The number of amides is 1. The number of rotatable bonds is 7. The van der Waals surface area contributed by atoms with Gasteiger partial charge in [0.15, 0.2) is 0 Å². The molecule has 3 rings (SSSR count). The number of aliphatic carboxylic acids is 1. The Hall–Kier alpha value is -1.80. The number of ether oxygens (including phenoxy) is 3. The van der Waals surface area contributed by atoms with Crippen molar-refractivity contribution in [2.24, 2.45) is 11.8 Å². The topological polar surface area (TPSA) is 195 Å². The summed E-state index contributed by atoms with van der Waals surface area (Å²) in [6, 6.07) is -1.18. The first kappa shape index (κ1) is 28.8. The monoisotopic (exact) mass is 517 g/mol. The van der Waals surface area contributed by atoms with Gasteiger partial charge in [-0.25, -0.2) is 4.79 Å². The normalized spacial score (nSPS) is 43.2. The predicted octanol–water partition coefficient (Wildman–Crippen LogP) is -0.701. The van der Waals surface area contributed by atoms with Crippen molar-refractivity contribution < 1.29 is 54.4 Å². The Morgan fingerprint density at radius 2 is 1.86 bits per heavy atom. The molecule has 3 fully saturated rings. The molecular weight excluding hydrogens is 478 g/mol. The maximum absolute atomic E-state index is 12.8. The molecule has 1 aliphatic heterocycles. The molecule has 7 N–H and O–H groups in total. The second-order valence-corrected chi connectivity index (χ2v) is 10.7. The largest absolute Gasteiger partial charge is 0.481 e.